The maximum absolute atomic E-state index is 11.8. The number of aromatic nitrogens is 1. The van der Waals surface area contributed by atoms with Crippen molar-refractivity contribution in [1.29, 1.82) is 0 Å². The van der Waals surface area contributed by atoms with E-state index in [4.69, 9.17) is 31.6 Å². The van der Waals surface area contributed by atoms with Gasteiger partial charge in [-0.1, -0.05) is 12.2 Å². The second-order valence-electron chi connectivity index (χ2n) is 6.17. The predicted molar refractivity (Wildman–Crippen MR) is 106 cm³/mol. The van der Waals surface area contributed by atoms with Crippen molar-refractivity contribution in [3.8, 4) is 0 Å². The number of phosphoric acid groups is 3. The molecule has 1 fully saturated rings. The molecule has 174 valence electrons. The van der Waals surface area contributed by atoms with Gasteiger partial charge < -0.3 is 39.1 Å². The van der Waals surface area contributed by atoms with Gasteiger partial charge in [-0.25, -0.2) is 13.7 Å². The van der Waals surface area contributed by atoms with Crippen LogP contribution in [0.5, 0.6) is 0 Å². The molecular formula is C12H16NO13P3S2. The normalized spacial score (nSPS) is 28.5. The molecule has 0 radical (unpaired) electrons. The molecule has 0 saturated carbocycles. The van der Waals surface area contributed by atoms with E-state index in [1.165, 1.54) is 22.1 Å². The molecule has 14 nitrogen and oxygen atoms in total. The monoisotopic (exact) mass is 539 g/mol. The molecule has 0 aliphatic carbocycles. The van der Waals surface area contributed by atoms with Gasteiger partial charge in [-0.2, -0.15) is 8.62 Å². The van der Waals surface area contributed by atoms with Crippen LogP contribution in [-0.2, 0) is 31.6 Å². The van der Waals surface area contributed by atoms with Crippen molar-refractivity contribution in [2.24, 2.45) is 0 Å². The number of thiophene rings is 1. The lowest BCUT2D eigenvalue weighted by molar-refractivity contribution is -0.0525. The van der Waals surface area contributed by atoms with E-state index < -0.39 is 54.6 Å². The number of hydrogen-bond donors (Lipinski definition) is 6. The van der Waals surface area contributed by atoms with Crippen LogP contribution in [0.15, 0.2) is 23.7 Å². The second kappa shape index (κ2) is 9.11. The van der Waals surface area contributed by atoms with Gasteiger partial charge in [0.1, 0.15) is 23.0 Å². The fourth-order valence-electron chi connectivity index (χ4n) is 2.74. The Morgan fingerprint density at radius 1 is 1.06 bits per heavy atom. The summed E-state index contributed by atoms with van der Waals surface area (Å²) in [5.41, 5.74) is 0. The second-order valence-corrected chi connectivity index (χ2v) is 11.9. The van der Waals surface area contributed by atoms with Gasteiger partial charge in [0.05, 0.1) is 11.3 Å². The van der Waals surface area contributed by atoms with E-state index >= 15 is 0 Å². The number of phosphoric ester groups is 1. The molecule has 2 aromatic heterocycles. The van der Waals surface area contributed by atoms with Crippen LogP contribution in [0.1, 0.15) is 6.23 Å². The first-order valence-electron chi connectivity index (χ1n) is 8.07. The van der Waals surface area contributed by atoms with Crippen LogP contribution in [-0.4, -0.2) is 59.3 Å². The van der Waals surface area contributed by atoms with Crippen molar-refractivity contribution in [2.45, 2.75) is 24.5 Å². The van der Waals surface area contributed by atoms with E-state index in [-0.39, 0.29) is 0 Å². The van der Waals surface area contributed by atoms with Crippen molar-refractivity contribution in [2.75, 3.05) is 6.61 Å². The molecule has 0 amide bonds. The summed E-state index contributed by atoms with van der Waals surface area (Å²) >= 11 is 6.73. The molecule has 6 N–H and O–H groups in total. The zero-order chi connectivity index (χ0) is 23.2. The Morgan fingerprint density at radius 3 is 2.39 bits per heavy atom. The molecule has 0 bridgehead atoms. The third-order valence-electron chi connectivity index (χ3n) is 3.97. The molecule has 1 aliphatic heterocycles. The standard InChI is InChI=1S/C12H16NO13P3S2/c14-8-7(5-23-28(19,20)26-29(21,22)25-27(16,17)18)24-11(9(8)15)13-3-1-6-2-4-31-10(6)12(13)30/h1-4,7-9,11,14-15H,5H2,(H,19,20)(H,21,22)(H2,16,17,18)/t7-,8?,9?,11-/m1/s1. The summed E-state index contributed by atoms with van der Waals surface area (Å²) in [6.07, 6.45) is -4.17. The highest BCUT2D eigenvalue weighted by Crippen LogP contribution is 2.66. The highest BCUT2D eigenvalue weighted by Gasteiger charge is 2.46. The number of hydrogen-bond acceptors (Lipinski definition) is 11. The van der Waals surface area contributed by atoms with Crippen molar-refractivity contribution in [1.82, 2.24) is 4.57 Å². The topological polar surface area (TPSA) is 214 Å². The largest absolute Gasteiger partial charge is 0.490 e. The van der Waals surface area contributed by atoms with Gasteiger partial charge >= 0.3 is 23.5 Å². The summed E-state index contributed by atoms with van der Waals surface area (Å²) in [5.74, 6) is 0. The zero-order valence-electron chi connectivity index (χ0n) is 15.0. The Hall–Kier alpha value is -0.380. The van der Waals surface area contributed by atoms with Crippen molar-refractivity contribution in [3.63, 3.8) is 0 Å². The minimum absolute atomic E-state index is 0.317. The number of aliphatic hydroxyl groups excluding tert-OH is 2. The number of pyridine rings is 1. The molecule has 0 aromatic carbocycles. The molecule has 19 heteroatoms. The molecule has 3 rings (SSSR count). The minimum Gasteiger partial charge on any atom is -0.387 e. The lowest BCUT2D eigenvalue weighted by Crippen LogP contribution is -2.33. The SMILES string of the molecule is O=P(O)(O)OP(=O)(O)OP(=O)(O)OC[C@H]1O[C@@H](n2ccc3ccsc3c2=S)C(O)C1O. The molecule has 3 heterocycles. The Balaban J connectivity index is 1.69. The number of ether oxygens (including phenoxy) is 1. The number of fused-ring (bicyclic) bond motifs is 1. The fourth-order valence-corrected chi connectivity index (χ4v) is 7.02. The summed E-state index contributed by atoms with van der Waals surface area (Å²) in [5, 5.41) is 23.2. The third-order valence-corrected chi connectivity index (χ3v) is 9.25. The van der Waals surface area contributed by atoms with Crippen LogP contribution in [0.2, 0.25) is 0 Å². The number of nitrogens with zero attached hydrogens (tertiary/aromatic N) is 1. The molecule has 31 heavy (non-hydrogen) atoms. The van der Waals surface area contributed by atoms with Gasteiger partial charge in [0.2, 0.25) is 0 Å². The van der Waals surface area contributed by atoms with E-state index in [2.05, 4.69) is 13.1 Å². The van der Waals surface area contributed by atoms with E-state index in [0.29, 0.717) is 4.64 Å². The first kappa shape index (κ1) is 25.2. The summed E-state index contributed by atoms with van der Waals surface area (Å²) in [4.78, 5) is 35.6. The van der Waals surface area contributed by atoms with E-state index in [1.807, 2.05) is 11.4 Å². The van der Waals surface area contributed by atoms with Gasteiger partial charge in [-0.05, 0) is 22.9 Å². The van der Waals surface area contributed by atoms with Gasteiger partial charge in [0.25, 0.3) is 0 Å². The third kappa shape index (κ3) is 6.15. The van der Waals surface area contributed by atoms with Crippen LogP contribution in [0.25, 0.3) is 10.1 Å². The first-order valence-corrected chi connectivity index (χ1v) is 13.9. The molecule has 1 saturated heterocycles. The smallest absolute Gasteiger partial charge is 0.387 e. The van der Waals surface area contributed by atoms with Crippen molar-refractivity contribution < 1.29 is 61.4 Å². The van der Waals surface area contributed by atoms with Crippen LogP contribution in [0, 0.1) is 4.64 Å². The molecular weight excluding hydrogens is 523 g/mol. The maximum atomic E-state index is 11.8. The van der Waals surface area contributed by atoms with Gasteiger partial charge in [0, 0.05) is 6.20 Å². The quantitative estimate of drug-likeness (QED) is 0.207. The maximum Gasteiger partial charge on any atom is 0.490 e. The Morgan fingerprint density at radius 2 is 1.74 bits per heavy atom. The van der Waals surface area contributed by atoms with Crippen LogP contribution in [0.3, 0.4) is 0 Å². The molecule has 4 unspecified atom stereocenters. The highest BCUT2D eigenvalue weighted by molar-refractivity contribution is 7.71. The van der Waals surface area contributed by atoms with Gasteiger partial charge in [-0.15, -0.1) is 11.3 Å². The average Bonchev–Trinajstić information content (AvgIpc) is 3.17. The first-order chi connectivity index (χ1) is 14.2. The van der Waals surface area contributed by atoms with Crippen molar-refractivity contribution in [3.05, 3.63) is 28.4 Å². The summed E-state index contributed by atoms with van der Waals surface area (Å²) < 4.78 is 53.3. The zero-order valence-corrected chi connectivity index (χ0v) is 19.3. The van der Waals surface area contributed by atoms with E-state index in [0.717, 1.165) is 10.1 Å². The Labute approximate surface area is 182 Å². The van der Waals surface area contributed by atoms with E-state index in [9.17, 15) is 28.8 Å². The number of aliphatic hydroxyl groups is 2. The fraction of sp³-hybridized carbons (Fsp3) is 0.417. The van der Waals surface area contributed by atoms with Crippen LogP contribution in [0.4, 0.5) is 0 Å². The Kier molecular flexibility index (Phi) is 7.42. The molecule has 0 spiro atoms. The van der Waals surface area contributed by atoms with Gasteiger partial charge in [-0.3, -0.25) is 4.52 Å². The Bertz CT molecular complexity index is 1160. The highest BCUT2D eigenvalue weighted by atomic mass is 32.1. The predicted octanol–water partition coefficient (Wildman–Crippen LogP) is 1.39. The summed E-state index contributed by atoms with van der Waals surface area (Å²) in [6.45, 7) is -0.910. The minimum atomic E-state index is -5.68. The lowest BCUT2D eigenvalue weighted by Gasteiger charge is -2.19. The summed E-state index contributed by atoms with van der Waals surface area (Å²) in [7, 11) is -16.6. The number of rotatable bonds is 8. The average molecular weight is 539 g/mol. The van der Waals surface area contributed by atoms with Crippen LogP contribution < -0.4 is 0 Å². The molecule has 2 aromatic rings. The van der Waals surface area contributed by atoms with Gasteiger partial charge in [0.15, 0.2) is 6.23 Å². The van der Waals surface area contributed by atoms with Crippen LogP contribution >= 0.6 is 47.0 Å². The summed E-state index contributed by atoms with van der Waals surface area (Å²) in [6, 6.07) is 3.55. The van der Waals surface area contributed by atoms with Crippen molar-refractivity contribution >= 4 is 57.1 Å². The molecule has 6 atom stereocenters. The lowest BCUT2D eigenvalue weighted by atomic mass is 10.1. The molecule has 1 aliphatic rings. The van der Waals surface area contributed by atoms with E-state index in [1.54, 1.807) is 6.07 Å².